The molecule has 3 aliphatic rings. The van der Waals surface area contributed by atoms with Crippen LogP contribution in [-0.4, -0.2) is 110 Å². The second-order valence-electron chi connectivity index (χ2n) is 19.5. The van der Waals surface area contributed by atoms with Crippen LogP contribution in [0.2, 0.25) is 0 Å². The molecule has 0 aromatic carbocycles. The maximum Gasteiger partial charge on any atom is 0.358 e. The van der Waals surface area contributed by atoms with Crippen LogP contribution in [0, 0.1) is 11.3 Å². The van der Waals surface area contributed by atoms with Crippen molar-refractivity contribution in [1.29, 1.82) is 5.26 Å². The third-order valence-electron chi connectivity index (χ3n) is 13.6. The third-order valence-corrected chi connectivity index (χ3v) is 13.6. The van der Waals surface area contributed by atoms with Crippen LogP contribution < -0.4 is 48.3 Å². The summed E-state index contributed by atoms with van der Waals surface area (Å²) in [5.41, 5.74) is 20.7. The fraction of sp³-hybridized carbons (Fsp3) is 0.276. The number of aromatic carboxylic acids is 1. The smallest absolute Gasteiger partial charge is 0.358 e. The molecule has 3 saturated heterocycles. The van der Waals surface area contributed by atoms with E-state index in [1.54, 1.807) is 32.4 Å². The molecule has 0 spiro atoms. The SMILES string of the molecule is Cn1cc(-c2nc(C(=O)NCc3cccc(N4CCCC4)n3)c(N)nc2-c2ncco2)ccc1=O.Cn1cc(-c2nc(C(=O)O)c(N)nc2-c2ncco2)ccc1=O.N#Cc1cccc(N2CCCC2)n1.NCc1cccc(N2CCCC2)n1. The first-order valence-electron chi connectivity index (χ1n) is 27.0. The summed E-state index contributed by atoms with van der Waals surface area (Å²) >= 11 is 0. The fourth-order valence-electron chi connectivity index (χ4n) is 9.32. The van der Waals surface area contributed by atoms with Crippen LogP contribution >= 0.6 is 0 Å². The minimum atomic E-state index is -1.31. The van der Waals surface area contributed by atoms with E-state index in [-0.39, 0.29) is 69.6 Å². The van der Waals surface area contributed by atoms with E-state index in [4.69, 9.17) is 31.3 Å². The Morgan fingerprint density at radius 1 is 0.583 bits per heavy atom. The standard InChI is InChI=1S/C24H24N8O3.C14H11N5O4.C10H15N3.C10H11N3/c1-31-14-15(7-8-18(31)33)19-20(24-26-9-12-35-24)30-22(25)21(29-19)23(34)27-13-16-5-4-6-17(28-16)32-10-2-3-11-32;1-19-6-7(2-3-8(19)20)9-10(13-16-4-5-23-13)18-12(15)11(17-9)14(21)22;2*11-8-9-4-3-5-10(12-9)13-6-1-2-7-13/h4-9,12,14H,2-3,10-11,13H2,1H3,(H2,25,30)(H,27,34);2-6H,1H3,(H2,15,18)(H,21,22);3-5H,1-2,6-8,11H2;3-5H,1-2,6-7H2. The Labute approximate surface area is 481 Å². The second-order valence-corrected chi connectivity index (χ2v) is 19.5. The molecule has 3 fully saturated rings. The highest BCUT2D eigenvalue weighted by Gasteiger charge is 2.25. The predicted molar refractivity (Wildman–Crippen MR) is 313 cm³/mol. The fourth-order valence-corrected chi connectivity index (χ4v) is 9.32. The van der Waals surface area contributed by atoms with E-state index < -0.39 is 11.9 Å². The van der Waals surface area contributed by atoms with Gasteiger partial charge in [-0.05, 0) is 87.1 Å². The summed E-state index contributed by atoms with van der Waals surface area (Å²) in [5, 5.41) is 20.7. The average Bonchev–Trinajstić information content (AvgIpc) is 3.35. The largest absolute Gasteiger partial charge is 0.476 e. The molecule has 0 unspecified atom stereocenters. The van der Waals surface area contributed by atoms with Gasteiger partial charge < -0.3 is 60.3 Å². The van der Waals surface area contributed by atoms with Crippen molar-refractivity contribution >= 4 is 41.0 Å². The van der Waals surface area contributed by atoms with E-state index >= 15 is 0 Å². The van der Waals surface area contributed by atoms with Gasteiger partial charge >= 0.3 is 5.97 Å². The molecule has 0 aliphatic carbocycles. The lowest BCUT2D eigenvalue weighted by atomic mass is 10.1. The molecule has 0 radical (unpaired) electrons. The first-order valence-corrected chi connectivity index (χ1v) is 27.0. The summed E-state index contributed by atoms with van der Waals surface area (Å²) in [7, 11) is 3.19. The molecule has 430 valence electrons. The van der Waals surface area contributed by atoms with Crippen LogP contribution in [0.1, 0.15) is 76.6 Å². The van der Waals surface area contributed by atoms with Gasteiger partial charge in [0.15, 0.2) is 34.4 Å². The van der Waals surface area contributed by atoms with Gasteiger partial charge in [0.05, 0.1) is 30.3 Å². The Bertz CT molecular complexity index is 3900. The third kappa shape index (κ3) is 14.2. The Morgan fingerprint density at radius 2 is 1.02 bits per heavy atom. The second kappa shape index (κ2) is 27.2. The van der Waals surface area contributed by atoms with Crippen molar-refractivity contribution in [1.82, 2.24) is 59.3 Å². The summed E-state index contributed by atoms with van der Waals surface area (Å²) in [6.07, 6.45) is 16.1. The lowest BCUT2D eigenvalue weighted by Crippen LogP contribution is -2.27. The van der Waals surface area contributed by atoms with Crippen LogP contribution in [0.4, 0.5) is 29.1 Å². The number of carboxylic acid groups (broad SMARTS) is 1. The quantitative estimate of drug-likeness (QED) is 0.101. The number of nitrogens with zero attached hydrogens (tertiary/aromatic N) is 15. The molecule has 0 bridgehead atoms. The molecule has 26 heteroatoms. The van der Waals surface area contributed by atoms with E-state index in [1.807, 2.05) is 42.5 Å². The summed E-state index contributed by atoms with van der Waals surface area (Å²) in [6.45, 7) is 7.13. The molecule has 3 aliphatic heterocycles. The minimum Gasteiger partial charge on any atom is -0.476 e. The number of rotatable bonds is 12. The normalized spacial score (nSPS) is 13.4. The number of oxazole rings is 2. The molecular formula is C58H61N19O7. The molecule has 26 nitrogen and oxygen atoms in total. The van der Waals surface area contributed by atoms with Crippen LogP contribution in [0.5, 0.6) is 0 Å². The number of anilines is 5. The maximum atomic E-state index is 13.1. The number of nitriles is 1. The van der Waals surface area contributed by atoms with Crippen molar-refractivity contribution in [3.63, 3.8) is 0 Å². The molecule has 84 heavy (non-hydrogen) atoms. The van der Waals surface area contributed by atoms with Gasteiger partial charge in [0.1, 0.15) is 53.1 Å². The van der Waals surface area contributed by atoms with Gasteiger partial charge in [0, 0.05) is 95.6 Å². The van der Waals surface area contributed by atoms with Gasteiger partial charge in [-0.25, -0.2) is 49.7 Å². The molecule has 0 saturated carbocycles. The predicted octanol–water partition coefficient (Wildman–Crippen LogP) is 5.48. The average molecular weight is 1140 g/mol. The van der Waals surface area contributed by atoms with Crippen molar-refractivity contribution in [2.75, 3.05) is 65.4 Å². The number of nitrogens with two attached hydrogens (primary N) is 3. The van der Waals surface area contributed by atoms with Crippen LogP contribution in [0.15, 0.2) is 135 Å². The Morgan fingerprint density at radius 3 is 1.46 bits per heavy atom. The first kappa shape index (κ1) is 58.0. The number of aryl methyl sites for hydroxylation is 2. The zero-order chi connectivity index (χ0) is 59.1. The Kier molecular flexibility index (Phi) is 18.8. The highest BCUT2D eigenvalue weighted by molar-refractivity contribution is 5.97. The van der Waals surface area contributed by atoms with E-state index in [9.17, 15) is 24.3 Å². The lowest BCUT2D eigenvalue weighted by molar-refractivity contribution is 0.0691. The minimum absolute atomic E-state index is 0.0418. The molecule has 9 aromatic heterocycles. The van der Waals surface area contributed by atoms with Crippen LogP contribution in [-0.2, 0) is 27.2 Å². The molecule has 0 atom stereocenters. The summed E-state index contributed by atoms with van der Waals surface area (Å²) < 4.78 is 13.4. The number of aromatic nitrogens is 11. The van der Waals surface area contributed by atoms with Gasteiger partial charge in [0.25, 0.3) is 5.91 Å². The van der Waals surface area contributed by atoms with Crippen molar-refractivity contribution < 1.29 is 23.5 Å². The number of hydrogen-bond acceptors (Lipinski definition) is 22. The van der Waals surface area contributed by atoms with E-state index in [1.165, 1.54) is 84.1 Å². The van der Waals surface area contributed by atoms with Gasteiger partial charge in [-0.3, -0.25) is 14.4 Å². The van der Waals surface area contributed by atoms with Gasteiger partial charge in [0.2, 0.25) is 22.9 Å². The number of pyridine rings is 5. The molecule has 9 aromatic rings. The van der Waals surface area contributed by atoms with Crippen molar-refractivity contribution in [2.45, 2.75) is 51.6 Å². The van der Waals surface area contributed by atoms with Crippen LogP contribution in [0.25, 0.3) is 45.7 Å². The number of carbonyl (C=O) groups is 2. The van der Waals surface area contributed by atoms with E-state index in [0.717, 1.165) is 81.0 Å². The number of nitrogens with one attached hydrogen (secondary N) is 1. The first-order chi connectivity index (χ1) is 40.8. The van der Waals surface area contributed by atoms with Crippen molar-refractivity contribution in [2.24, 2.45) is 19.8 Å². The van der Waals surface area contributed by atoms with Crippen molar-refractivity contribution in [3.8, 4) is 51.8 Å². The maximum absolute atomic E-state index is 13.1. The number of carbonyl (C=O) groups excluding carboxylic acids is 1. The summed E-state index contributed by atoms with van der Waals surface area (Å²) in [6, 6.07) is 25.3. The van der Waals surface area contributed by atoms with Crippen molar-refractivity contribution in [3.05, 3.63) is 165 Å². The van der Waals surface area contributed by atoms with Gasteiger partial charge in [-0.2, -0.15) is 5.26 Å². The van der Waals surface area contributed by atoms with E-state index in [0.29, 0.717) is 29.1 Å². The van der Waals surface area contributed by atoms with Crippen LogP contribution in [0.3, 0.4) is 0 Å². The summed E-state index contributed by atoms with van der Waals surface area (Å²) in [5.74, 6) is 1.15. The highest BCUT2D eigenvalue weighted by atomic mass is 16.4. The Balaban J connectivity index is 0.000000147. The highest BCUT2D eigenvalue weighted by Crippen LogP contribution is 2.31. The number of hydrogen-bond donors (Lipinski definition) is 5. The molecular weight excluding hydrogens is 1070 g/mol. The monoisotopic (exact) mass is 1140 g/mol. The molecule has 8 N–H and O–H groups in total. The molecule has 1 amide bonds. The zero-order valence-electron chi connectivity index (χ0n) is 46.2. The Hall–Kier alpha value is -10.7. The lowest BCUT2D eigenvalue weighted by Gasteiger charge is -2.17. The number of nitrogen functional groups attached to an aromatic ring is 2. The van der Waals surface area contributed by atoms with Gasteiger partial charge in [-0.1, -0.05) is 18.2 Å². The number of carboxylic acids is 1. The van der Waals surface area contributed by atoms with Gasteiger partial charge in [-0.15, -0.1) is 0 Å². The number of amides is 1. The molecule has 12 rings (SSSR count). The topological polar surface area (TPSA) is 364 Å². The summed E-state index contributed by atoms with van der Waals surface area (Å²) in [4.78, 5) is 93.0. The van der Waals surface area contributed by atoms with E-state index in [2.05, 4.69) is 77.0 Å². The molecule has 12 heterocycles. The zero-order valence-corrected chi connectivity index (χ0v) is 46.2.